The third kappa shape index (κ3) is 2.50. The molecule has 2 N–H and O–H groups in total. The van der Waals surface area contributed by atoms with E-state index in [4.69, 9.17) is 10.5 Å². The monoisotopic (exact) mass is 211 g/mol. The minimum atomic E-state index is 0.424. The lowest BCUT2D eigenvalue weighted by Gasteiger charge is -2.06. The lowest BCUT2D eigenvalue weighted by molar-refractivity contribution is 0.369. The fourth-order valence-electron chi connectivity index (χ4n) is 1.81. The van der Waals surface area contributed by atoms with Crippen molar-refractivity contribution in [2.45, 2.75) is 32.6 Å². The Morgan fingerprint density at radius 2 is 2.13 bits per heavy atom. The number of methoxy groups -OCH3 is 1. The quantitative estimate of drug-likeness (QED) is 0.802. The first kappa shape index (κ1) is 12.0. The topological polar surface area (TPSA) is 53.1 Å². The van der Waals surface area contributed by atoms with Crippen molar-refractivity contribution in [2.24, 2.45) is 12.8 Å². The second-order valence-electron chi connectivity index (χ2n) is 4.04. The van der Waals surface area contributed by atoms with Gasteiger partial charge in [-0.1, -0.05) is 13.8 Å². The van der Waals surface area contributed by atoms with Crippen LogP contribution >= 0.6 is 0 Å². The van der Waals surface area contributed by atoms with E-state index in [1.54, 1.807) is 11.8 Å². The van der Waals surface area contributed by atoms with E-state index in [1.807, 2.05) is 7.05 Å². The van der Waals surface area contributed by atoms with Gasteiger partial charge < -0.3 is 10.5 Å². The van der Waals surface area contributed by atoms with Crippen LogP contribution in [0.3, 0.4) is 0 Å². The number of aromatic nitrogens is 2. The summed E-state index contributed by atoms with van der Waals surface area (Å²) in [4.78, 5) is 0. The molecule has 0 amide bonds. The van der Waals surface area contributed by atoms with Crippen molar-refractivity contribution in [3.63, 3.8) is 0 Å². The van der Waals surface area contributed by atoms with Gasteiger partial charge >= 0.3 is 0 Å². The molecule has 0 aliphatic carbocycles. The molecule has 15 heavy (non-hydrogen) atoms. The molecule has 1 aromatic heterocycles. The van der Waals surface area contributed by atoms with Crippen LogP contribution in [0.2, 0.25) is 0 Å². The summed E-state index contributed by atoms with van der Waals surface area (Å²) in [5, 5.41) is 4.48. The number of nitrogens with two attached hydrogens (primary N) is 1. The molecule has 0 aliphatic rings. The molecule has 0 atom stereocenters. The van der Waals surface area contributed by atoms with Crippen LogP contribution in [0.15, 0.2) is 0 Å². The number of hydrogen-bond acceptors (Lipinski definition) is 3. The summed E-state index contributed by atoms with van der Waals surface area (Å²) < 4.78 is 7.17. The fraction of sp³-hybridized carbons (Fsp3) is 0.727. The second kappa shape index (κ2) is 5.16. The van der Waals surface area contributed by atoms with Gasteiger partial charge in [-0.2, -0.15) is 5.10 Å². The van der Waals surface area contributed by atoms with E-state index < -0.39 is 0 Å². The average Bonchev–Trinajstić information content (AvgIpc) is 2.51. The maximum absolute atomic E-state index is 5.53. The van der Waals surface area contributed by atoms with Crippen molar-refractivity contribution < 1.29 is 4.74 Å². The normalized spacial score (nSPS) is 11.1. The number of hydrogen-bond donors (Lipinski definition) is 1. The second-order valence-corrected chi connectivity index (χ2v) is 4.04. The predicted molar refractivity (Wildman–Crippen MR) is 61.2 cm³/mol. The lowest BCUT2D eigenvalue weighted by atomic mass is 10.0. The Kier molecular flexibility index (Phi) is 4.15. The Hall–Kier alpha value is -1.03. The van der Waals surface area contributed by atoms with E-state index in [2.05, 4.69) is 18.9 Å². The smallest absolute Gasteiger partial charge is 0.214 e. The van der Waals surface area contributed by atoms with Crippen molar-refractivity contribution >= 4 is 0 Å². The van der Waals surface area contributed by atoms with Crippen LogP contribution < -0.4 is 10.5 Å². The van der Waals surface area contributed by atoms with Gasteiger partial charge in [-0.3, -0.25) is 0 Å². The van der Waals surface area contributed by atoms with Crippen LogP contribution in [0, 0.1) is 0 Å². The van der Waals surface area contributed by atoms with Gasteiger partial charge in [0, 0.05) is 12.6 Å². The van der Waals surface area contributed by atoms with Gasteiger partial charge in [-0.15, -0.1) is 0 Å². The first-order valence-electron chi connectivity index (χ1n) is 5.41. The zero-order chi connectivity index (χ0) is 11.4. The third-order valence-electron chi connectivity index (χ3n) is 2.49. The summed E-state index contributed by atoms with van der Waals surface area (Å²) in [6, 6.07) is 0. The van der Waals surface area contributed by atoms with Crippen LogP contribution in [-0.2, 0) is 13.5 Å². The maximum Gasteiger partial charge on any atom is 0.214 e. The molecule has 0 bridgehead atoms. The summed E-state index contributed by atoms with van der Waals surface area (Å²) >= 11 is 0. The molecule has 1 aromatic rings. The summed E-state index contributed by atoms with van der Waals surface area (Å²) in [7, 11) is 3.60. The molecular weight excluding hydrogens is 190 g/mol. The van der Waals surface area contributed by atoms with Crippen LogP contribution in [0.4, 0.5) is 0 Å². The summed E-state index contributed by atoms with van der Waals surface area (Å²) in [5.41, 5.74) is 7.87. The van der Waals surface area contributed by atoms with Crippen molar-refractivity contribution in [1.29, 1.82) is 0 Å². The van der Waals surface area contributed by atoms with Crippen molar-refractivity contribution in [3.8, 4) is 5.88 Å². The molecule has 0 saturated heterocycles. The largest absolute Gasteiger partial charge is 0.481 e. The first-order valence-corrected chi connectivity index (χ1v) is 5.41. The molecule has 0 unspecified atom stereocenters. The third-order valence-corrected chi connectivity index (χ3v) is 2.49. The number of aryl methyl sites for hydroxylation is 1. The van der Waals surface area contributed by atoms with E-state index in [-0.39, 0.29) is 0 Å². The standard InChI is InChI=1S/C11H21N3O/c1-8(2)10-9(6-5-7-12)11(15-4)14(3)13-10/h8H,5-7,12H2,1-4H3. The highest BCUT2D eigenvalue weighted by atomic mass is 16.5. The van der Waals surface area contributed by atoms with Crippen molar-refractivity contribution in [2.75, 3.05) is 13.7 Å². The van der Waals surface area contributed by atoms with Crippen LogP contribution in [-0.4, -0.2) is 23.4 Å². The summed E-state index contributed by atoms with van der Waals surface area (Å²) in [6.45, 7) is 5.00. The highest BCUT2D eigenvalue weighted by Gasteiger charge is 2.18. The summed E-state index contributed by atoms with van der Waals surface area (Å²) in [6.07, 6.45) is 1.92. The first-order chi connectivity index (χ1) is 7.11. The molecule has 1 heterocycles. The van der Waals surface area contributed by atoms with Gasteiger partial charge in [0.05, 0.1) is 12.8 Å². The maximum atomic E-state index is 5.53. The molecule has 4 nitrogen and oxygen atoms in total. The van der Waals surface area contributed by atoms with E-state index in [0.29, 0.717) is 12.5 Å². The summed E-state index contributed by atoms with van der Waals surface area (Å²) in [5.74, 6) is 1.29. The Morgan fingerprint density at radius 3 is 2.60 bits per heavy atom. The van der Waals surface area contributed by atoms with Crippen LogP contribution in [0.1, 0.15) is 37.4 Å². The van der Waals surface area contributed by atoms with Gasteiger partial charge in [-0.05, 0) is 25.3 Å². The molecule has 4 heteroatoms. The number of rotatable bonds is 5. The zero-order valence-electron chi connectivity index (χ0n) is 10.1. The van der Waals surface area contributed by atoms with Gasteiger partial charge in [0.15, 0.2) is 0 Å². The number of ether oxygens (including phenoxy) is 1. The van der Waals surface area contributed by atoms with E-state index in [0.717, 1.165) is 24.4 Å². The molecule has 0 aliphatic heterocycles. The Morgan fingerprint density at radius 1 is 1.47 bits per heavy atom. The number of nitrogens with zero attached hydrogens (tertiary/aromatic N) is 2. The molecule has 0 fully saturated rings. The Bertz CT molecular complexity index is 318. The fourth-order valence-corrected chi connectivity index (χ4v) is 1.81. The molecule has 86 valence electrons. The highest BCUT2D eigenvalue weighted by Crippen LogP contribution is 2.27. The zero-order valence-corrected chi connectivity index (χ0v) is 10.1. The van der Waals surface area contributed by atoms with Gasteiger partial charge in [0.2, 0.25) is 5.88 Å². The molecule has 1 rings (SSSR count). The lowest BCUT2D eigenvalue weighted by Crippen LogP contribution is -2.03. The van der Waals surface area contributed by atoms with Gasteiger partial charge in [0.25, 0.3) is 0 Å². The SMILES string of the molecule is COc1c(CCCN)c(C(C)C)nn1C. The molecular formula is C11H21N3O. The molecule has 0 radical (unpaired) electrons. The van der Waals surface area contributed by atoms with Crippen LogP contribution in [0.25, 0.3) is 0 Å². The van der Waals surface area contributed by atoms with Gasteiger partial charge in [0.1, 0.15) is 0 Å². The molecule has 0 aromatic carbocycles. The van der Waals surface area contributed by atoms with Crippen LogP contribution in [0.5, 0.6) is 5.88 Å². The molecule has 0 spiro atoms. The average molecular weight is 211 g/mol. The minimum Gasteiger partial charge on any atom is -0.481 e. The van der Waals surface area contributed by atoms with Gasteiger partial charge in [-0.25, -0.2) is 4.68 Å². The molecule has 0 saturated carbocycles. The van der Waals surface area contributed by atoms with E-state index in [1.165, 1.54) is 5.56 Å². The van der Waals surface area contributed by atoms with E-state index in [9.17, 15) is 0 Å². The van der Waals surface area contributed by atoms with E-state index >= 15 is 0 Å². The predicted octanol–water partition coefficient (Wildman–Crippen LogP) is 1.44. The van der Waals surface area contributed by atoms with Crippen molar-refractivity contribution in [3.05, 3.63) is 11.3 Å². The highest BCUT2D eigenvalue weighted by molar-refractivity contribution is 5.33. The van der Waals surface area contributed by atoms with Crippen molar-refractivity contribution in [1.82, 2.24) is 9.78 Å². The minimum absolute atomic E-state index is 0.424. The Balaban J connectivity index is 3.04. The Labute approximate surface area is 91.4 Å².